The van der Waals surface area contributed by atoms with Crippen LogP contribution in [0.1, 0.15) is 80.7 Å². The molecule has 1 aromatic rings. The Balaban J connectivity index is 1.55. The molecular weight excluding hydrogens is 645 g/mol. The third-order valence-electron chi connectivity index (χ3n) is 10.8. The zero-order chi connectivity index (χ0) is 35.7. The number of hydrogen-bond acceptors (Lipinski definition) is 9. The standard InChI is InChI=1S/C37H62O9Si2/c1-24-28(38)19-20-31(40-24)43-29-21-33(42-26(3)35(29)46-48(12,13)37(7,8)9)44-34-25(2)41-32(39-23-27-17-15-14-16-18-27)22-30(34)45-47(10,11)36(4,5)6/h14-20,24-26,29-35H,21-23H2,1-13H3/t24-,25+,26+,29+,30+,31-,32+,33-,34+,35+/m0/s1. The summed E-state index contributed by atoms with van der Waals surface area (Å²) in [5.74, 6) is -0.0735. The first-order valence-corrected chi connectivity index (χ1v) is 23.5. The number of ketones is 1. The van der Waals surface area contributed by atoms with E-state index in [0.29, 0.717) is 19.4 Å². The number of benzene rings is 1. The lowest BCUT2D eigenvalue weighted by molar-refractivity contribution is -0.319. The van der Waals surface area contributed by atoms with Gasteiger partial charge in [-0.25, -0.2) is 0 Å². The van der Waals surface area contributed by atoms with Crippen LogP contribution in [-0.4, -0.2) is 84.0 Å². The first kappa shape index (κ1) is 39.5. The maximum Gasteiger partial charge on any atom is 0.192 e. The van der Waals surface area contributed by atoms with Crippen LogP contribution in [0.15, 0.2) is 42.5 Å². The highest BCUT2D eigenvalue weighted by Crippen LogP contribution is 2.42. The molecule has 0 aromatic heterocycles. The number of carbonyl (C=O) groups excluding carboxylic acids is 1. The summed E-state index contributed by atoms with van der Waals surface area (Å²) in [4.78, 5) is 12.1. The summed E-state index contributed by atoms with van der Waals surface area (Å²) in [5.41, 5.74) is 1.09. The molecule has 2 saturated heterocycles. The van der Waals surface area contributed by atoms with Gasteiger partial charge < -0.3 is 37.3 Å². The SMILES string of the molecule is C[C@@H]1O[C@@H](O[C@@H]2C[C@H](O[C@@H]3[C@@H](C)O[C@@H](OCc4ccccc4)C[C@H]3O[Si](C)(C)C(C)(C)C)O[C@H](C)[C@H]2O[Si](C)(C)C(C)(C)C)C=CC1=O. The Labute approximate surface area is 291 Å². The predicted octanol–water partition coefficient (Wildman–Crippen LogP) is 7.89. The van der Waals surface area contributed by atoms with Crippen molar-refractivity contribution in [3.8, 4) is 0 Å². The van der Waals surface area contributed by atoms with Crippen LogP contribution in [0.25, 0.3) is 0 Å². The zero-order valence-corrected chi connectivity index (χ0v) is 33.6. The Morgan fingerprint density at radius 1 is 0.729 bits per heavy atom. The minimum Gasteiger partial charge on any atom is -0.411 e. The van der Waals surface area contributed by atoms with E-state index in [2.05, 4.69) is 79.9 Å². The summed E-state index contributed by atoms with van der Waals surface area (Å²) in [6.45, 7) is 28.6. The monoisotopic (exact) mass is 706 g/mol. The lowest BCUT2D eigenvalue weighted by Crippen LogP contribution is -2.59. The van der Waals surface area contributed by atoms with E-state index in [-0.39, 0.29) is 40.3 Å². The second-order valence-electron chi connectivity index (χ2n) is 16.8. The van der Waals surface area contributed by atoms with Gasteiger partial charge in [0, 0.05) is 12.8 Å². The molecule has 0 amide bonds. The molecule has 10 atom stereocenters. The Morgan fingerprint density at radius 3 is 1.90 bits per heavy atom. The molecule has 1 aromatic carbocycles. The van der Waals surface area contributed by atoms with Crippen molar-refractivity contribution in [3.05, 3.63) is 48.0 Å². The summed E-state index contributed by atoms with van der Waals surface area (Å²) in [6, 6.07) is 10.1. The third kappa shape index (κ3) is 9.95. The zero-order valence-electron chi connectivity index (χ0n) is 31.6. The second kappa shape index (κ2) is 15.5. The molecule has 3 heterocycles. The van der Waals surface area contributed by atoms with Crippen molar-refractivity contribution >= 4 is 22.4 Å². The molecule has 0 bridgehead atoms. The van der Waals surface area contributed by atoms with Gasteiger partial charge >= 0.3 is 0 Å². The van der Waals surface area contributed by atoms with Crippen molar-refractivity contribution in [1.29, 1.82) is 0 Å². The number of ether oxygens (including phenoxy) is 6. The van der Waals surface area contributed by atoms with Gasteiger partial charge in [0.2, 0.25) is 0 Å². The molecule has 9 nitrogen and oxygen atoms in total. The molecule has 0 unspecified atom stereocenters. The van der Waals surface area contributed by atoms with Gasteiger partial charge in [0.05, 0.1) is 37.1 Å². The van der Waals surface area contributed by atoms with E-state index in [9.17, 15) is 4.79 Å². The predicted molar refractivity (Wildman–Crippen MR) is 192 cm³/mol. The van der Waals surface area contributed by atoms with E-state index in [1.807, 2.05) is 32.0 Å². The molecule has 11 heteroatoms. The molecule has 0 spiro atoms. The fourth-order valence-corrected chi connectivity index (χ4v) is 8.41. The highest BCUT2D eigenvalue weighted by molar-refractivity contribution is 6.74. The van der Waals surface area contributed by atoms with Crippen molar-refractivity contribution in [1.82, 2.24) is 0 Å². The van der Waals surface area contributed by atoms with Crippen LogP contribution in [0.4, 0.5) is 0 Å². The first-order chi connectivity index (χ1) is 22.2. The molecule has 0 aliphatic carbocycles. The Morgan fingerprint density at radius 2 is 1.29 bits per heavy atom. The van der Waals surface area contributed by atoms with E-state index in [1.54, 1.807) is 19.1 Å². The Bertz CT molecular complexity index is 1230. The lowest BCUT2D eigenvalue weighted by atomic mass is 10.00. The summed E-state index contributed by atoms with van der Waals surface area (Å²) < 4.78 is 52.7. The van der Waals surface area contributed by atoms with Crippen molar-refractivity contribution in [2.24, 2.45) is 0 Å². The fraction of sp³-hybridized carbons (Fsp3) is 0.757. The van der Waals surface area contributed by atoms with Gasteiger partial charge in [0.25, 0.3) is 0 Å². The van der Waals surface area contributed by atoms with Crippen LogP contribution in [0.5, 0.6) is 0 Å². The van der Waals surface area contributed by atoms with Crippen molar-refractivity contribution < 1.29 is 42.1 Å². The quantitative estimate of drug-likeness (QED) is 0.213. The molecule has 272 valence electrons. The minimum atomic E-state index is -2.20. The first-order valence-electron chi connectivity index (χ1n) is 17.7. The van der Waals surface area contributed by atoms with Gasteiger partial charge in [0.15, 0.2) is 41.3 Å². The van der Waals surface area contributed by atoms with Gasteiger partial charge in [-0.2, -0.15) is 0 Å². The van der Waals surface area contributed by atoms with Gasteiger partial charge in [-0.1, -0.05) is 71.9 Å². The molecule has 2 fully saturated rings. The lowest BCUT2D eigenvalue weighted by Gasteiger charge is -2.49. The van der Waals surface area contributed by atoms with Crippen molar-refractivity contribution in [2.45, 2.75) is 180 Å². The van der Waals surface area contributed by atoms with Gasteiger partial charge in [-0.05, 0) is 74.8 Å². The fourth-order valence-electron chi connectivity index (χ4n) is 5.69. The molecule has 0 radical (unpaired) electrons. The number of hydrogen-bond donors (Lipinski definition) is 0. The van der Waals surface area contributed by atoms with Crippen LogP contribution in [0.3, 0.4) is 0 Å². The molecule has 3 aliphatic heterocycles. The summed E-state index contributed by atoms with van der Waals surface area (Å²) in [5, 5.41) is 0.00368. The normalized spacial score (nSPS) is 34.0. The Hall–Kier alpha value is -1.26. The van der Waals surface area contributed by atoms with Crippen LogP contribution >= 0.6 is 0 Å². The molecule has 0 saturated carbocycles. The average molecular weight is 707 g/mol. The Kier molecular flexibility index (Phi) is 12.8. The molecule has 3 aliphatic rings. The topological polar surface area (TPSA) is 90.9 Å². The summed E-state index contributed by atoms with van der Waals surface area (Å²) >= 11 is 0. The maximum atomic E-state index is 12.1. The second-order valence-corrected chi connectivity index (χ2v) is 26.3. The van der Waals surface area contributed by atoms with Crippen LogP contribution in [0.2, 0.25) is 36.3 Å². The molecule has 48 heavy (non-hydrogen) atoms. The van der Waals surface area contributed by atoms with Crippen LogP contribution < -0.4 is 0 Å². The van der Waals surface area contributed by atoms with Crippen molar-refractivity contribution in [2.75, 3.05) is 0 Å². The maximum absolute atomic E-state index is 12.1. The number of rotatable bonds is 11. The largest absolute Gasteiger partial charge is 0.411 e. The summed E-state index contributed by atoms with van der Waals surface area (Å²) in [6.07, 6.45) is -0.125. The van der Waals surface area contributed by atoms with Crippen LogP contribution in [0, 0.1) is 0 Å². The summed E-state index contributed by atoms with van der Waals surface area (Å²) in [7, 11) is -4.39. The van der Waals surface area contributed by atoms with E-state index < -0.39 is 53.8 Å². The van der Waals surface area contributed by atoms with Crippen LogP contribution in [-0.2, 0) is 48.7 Å². The van der Waals surface area contributed by atoms with Gasteiger partial charge in [-0.3, -0.25) is 4.79 Å². The molecular formula is C37H62O9Si2. The van der Waals surface area contributed by atoms with Crippen molar-refractivity contribution in [3.63, 3.8) is 0 Å². The van der Waals surface area contributed by atoms with E-state index in [1.165, 1.54) is 0 Å². The average Bonchev–Trinajstić information content (AvgIpc) is 2.96. The van der Waals surface area contributed by atoms with E-state index in [0.717, 1.165) is 5.56 Å². The smallest absolute Gasteiger partial charge is 0.192 e. The molecule has 4 rings (SSSR count). The minimum absolute atomic E-state index is 0.00487. The third-order valence-corrected chi connectivity index (χ3v) is 19.8. The highest BCUT2D eigenvalue weighted by atomic mass is 28.4. The van der Waals surface area contributed by atoms with Gasteiger partial charge in [0.1, 0.15) is 12.2 Å². The molecule has 0 N–H and O–H groups in total. The highest BCUT2D eigenvalue weighted by Gasteiger charge is 2.50. The van der Waals surface area contributed by atoms with Gasteiger partial charge in [-0.15, -0.1) is 0 Å². The van der Waals surface area contributed by atoms with E-state index >= 15 is 0 Å². The number of carbonyl (C=O) groups is 1. The van der Waals surface area contributed by atoms with E-state index in [4.69, 9.17) is 37.3 Å².